The fourth-order valence-electron chi connectivity index (χ4n) is 3.18. The number of nitrogens with one attached hydrogen (secondary N) is 1. The van der Waals surface area contributed by atoms with Crippen LogP contribution in [0.1, 0.15) is 24.4 Å². The molecule has 1 saturated heterocycles. The van der Waals surface area contributed by atoms with Crippen LogP contribution in [0.3, 0.4) is 0 Å². The zero-order chi connectivity index (χ0) is 21.0. The van der Waals surface area contributed by atoms with Gasteiger partial charge in [-0.25, -0.2) is 17.2 Å². The molecule has 1 aromatic carbocycles. The van der Waals surface area contributed by atoms with E-state index >= 15 is 0 Å². The van der Waals surface area contributed by atoms with Crippen LogP contribution in [0, 0.1) is 28.9 Å². The van der Waals surface area contributed by atoms with Crippen LogP contribution < -0.4 is 5.32 Å². The third-order valence-electron chi connectivity index (χ3n) is 4.79. The number of carbonyl (C=O) groups is 1. The molecular weight excluding hydrogens is 402 g/mol. The van der Waals surface area contributed by atoms with Crippen molar-refractivity contribution in [1.29, 1.82) is 5.26 Å². The van der Waals surface area contributed by atoms with Gasteiger partial charge in [0.1, 0.15) is 22.6 Å². The third-order valence-corrected chi connectivity index (χ3v) is 6.67. The summed E-state index contributed by atoms with van der Waals surface area (Å²) >= 11 is 0. The summed E-state index contributed by atoms with van der Waals surface area (Å²) in [5, 5.41) is 11.7. The summed E-state index contributed by atoms with van der Waals surface area (Å²) in [7, 11) is -3.69. The Kier molecular flexibility index (Phi) is 6.20. The highest BCUT2D eigenvalue weighted by Crippen LogP contribution is 2.25. The molecule has 0 aliphatic carbocycles. The van der Waals surface area contributed by atoms with Gasteiger partial charge in [-0.3, -0.25) is 9.78 Å². The summed E-state index contributed by atoms with van der Waals surface area (Å²) in [6.45, 7) is 0.273. The quantitative estimate of drug-likeness (QED) is 0.798. The van der Waals surface area contributed by atoms with Gasteiger partial charge in [-0.2, -0.15) is 9.57 Å². The molecule has 2 aromatic rings. The Hall–Kier alpha value is -2.90. The summed E-state index contributed by atoms with van der Waals surface area (Å²) in [5.74, 6) is -2.70. The van der Waals surface area contributed by atoms with Gasteiger partial charge >= 0.3 is 0 Å². The highest BCUT2D eigenvalue weighted by Gasteiger charge is 2.33. The number of sulfonamides is 1. The van der Waals surface area contributed by atoms with Crippen LogP contribution in [-0.4, -0.2) is 36.7 Å². The first kappa shape index (κ1) is 20.8. The van der Waals surface area contributed by atoms with Crippen LogP contribution in [0.5, 0.6) is 0 Å². The number of piperidine rings is 1. The van der Waals surface area contributed by atoms with Gasteiger partial charge in [0.25, 0.3) is 0 Å². The van der Waals surface area contributed by atoms with E-state index in [9.17, 15) is 27.3 Å². The molecule has 0 bridgehead atoms. The Labute approximate surface area is 167 Å². The van der Waals surface area contributed by atoms with Gasteiger partial charge in [0.15, 0.2) is 0 Å². The van der Waals surface area contributed by atoms with Gasteiger partial charge in [0.2, 0.25) is 15.9 Å². The molecule has 0 saturated carbocycles. The second-order valence-electron chi connectivity index (χ2n) is 6.60. The lowest BCUT2D eigenvalue weighted by atomic mass is 9.96. The number of amides is 1. The van der Waals surface area contributed by atoms with Crippen LogP contribution in [0.4, 0.5) is 8.78 Å². The van der Waals surface area contributed by atoms with Crippen molar-refractivity contribution >= 4 is 15.9 Å². The molecule has 1 aliphatic rings. The molecule has 1 N–H and O–H groups in total. The first-order valence-electron chi connectivity index (χ1n) is 8.88. The van der Waals surface area contributed by atoms with Crippen molar-refractivity contribution in [2.45, 2.75) is 23.8 Å². The fourth-order valence-corrected chi connectivity index (χ4v) is 4.62. The highest BCUT2D eigenvalue weighted by molar-refractivity contribution is 7.89. The van der Waals surface area contributed by atoms with Gasteiger partial charge in [-0.15, -0.1) is 0 Å². The second kappa shape index (κ2) is 8.63. The Bertz CT molecular complexity index is 1030. The van der Waals surface area contributed by atoms with E-state index in [1.807, 2.05) is 0 Å². The first-order valence-corrected chi connectivity index (χ1v) is 10.3. The number of benzene rings is 1. The number of nitrogens with zero attached hydrogens (tertiary/aromatic N) is 3. The lowest BCUT2D eigenvalue weighted by molar-refractivity contribution is -0.126. The summed E-state index contributed by atoms with van der Waals surface area (Å²) in [4.78, 5) is 16.4. The minimum Gasteiger partial charge on any atom is -0.336 e. The molecule has 1 aromatic heterocycles. The number of nitriles is 1. The predicted octanol–water partition coefficient (Wildman–Crippen LogP) is 2.14. The summed E-state index contributed by atoms with van der Waals surface area (Å²) in [6, 6.07) is 6.29. The lowest BCUT2D eigenvalue weighted by Crippen LogP contribution is -2.43. The van der Waals surface area contributed by atoms with Crippen molar-refractivity contribution in [1.82, 2.24) is 14.6 Å². The molecule has 0 radical (unpaired) electrons. The minimum absolute atomic E-state index is 0.0826. The number of hydrogen-bond acceptors (Lipinski definition) is 5. The van der Waals surface area contributed by atoms with E-state index < -0.39 is 39.5 Å². The van der Waals surface area contributed by atoms with Crippen molar-refractivity contribution in [3.8, 4) is 6.07 Å². The summed E-state index contributed by atoms with van der Waals surface area (Å²) in [5.41, 5.74) is -0.126. The van der Waals surface area contributed by atoms with Gasteiger partial charge in [0.05, 0.1) is 6.07 Å². The number of halogens is 2. The average Bonchev–Trinajstić information content (AvgIpc) is 2.73. The molecular formula is C19H18F2N4O3S. The maximum absolute atomic E-state index is 13.9. The average molecular weight is 420 g/mol. The van der Waals surface area contributed by atoms with Crippen molar-refractivity contribution in [2.75, 3.05) is 13.1 Å². The maximum Gasteiger partial charge on any atom is 0.244 e. The fraction of sp³-hybridized carbons (Fsp3) is 0.316. The predicted molar refractivity (Wildman–Crippen MR) is 98.6 cm³/mol. The van der Waals surface area contributed by atoms with Crippen LogP contribution in [0.15, 0.2) is 47.6 Å². The minimum atomic E-state index is -3.69. The number of pyridine rings is 1. The number of hydrogen-bond donors (Lipinski definition) is 1. The second-order valence-corrected chi connectivity index (χ2v) is 8.54. The largest absolute Gasteiger partial charge is 0.336 e. The topological polar surface area (TPSA) is 103 Å². The van der Waals surface area contributed by atoms with E-state index in [-0.39, 0.29) is 36.4 Å². The third kappa shape index (κ3) is 4.58. The van der Waals surface area contributed by atoms with E-state index in [2.05, 4.69) is 10.3 Å². The lowest BCUT2D eigenvalue weighted by Gasteiger charge is -2.30. The van der Waals surface area contributed by atoms with E-state index in [1.165, 1.54) is 28.8 Å². The molecule has 152 valence electrons. The van der Waals surface area contributed by atoms with Crippen LogP contribution >= 0.6 is 0 Å². The van der Waals surface area contributed by atoms with E-state index in [0.29, 0.717) is 6.07 Å². The molecule has 1 fully saturated rings. The Morgan fingerprint density at radius 2 is 2.00 bits per heavy atom. The molecule has 1 amide bonds. The molecule has 1 atom stereocenters. The first-order chi connectivity index (χ1) is 13.8. The molecule has 1 unspecified atom stereocenters. The van der Waals surface area contributed by atoms with E-state index in [4.69, 9.17) is 0 Å². The van der Waals surface area contributed by atoms with Crippen LogP contribution in [0.2, 0.25) is 0 Å². The zero-order valence-electron chi connectivity index (χ0n) is 15.3. The van der Waals surface area contributed by atoms with Gasteiger partial charge < -0.3 is 5.32 Å². The molecule has 10 heteroatoms. The number of rotatable bonds is 5. The van der Waals surface area contributed by atoms with Crippen molar-refractivity contribution in [3.05, 3.63) is 59.9 Å². The van der Waals surface area contributed by atoms with Gasteiger partial charge in [-0.1, -0.05) is 6.07 Å². The van der Waals surface area contributed by atoms with Gasteiger partial charge in [0, 0.05) is 43.0 Å². The molecule has 7 nitrogen and oxygen atoms in total. The Morgan fingerprint density at radius 1 is 1.28 bits per heavy atom. The summed E-state index contributed by atoms with van der Waals surface area (Å²) < 4.78 is 53.5. The normalized spacial score (nSPS) is 16.7. The summed E-state index contributed by atoms with van der Waals surface area (Å²) in [6.07, 6.45) is 3.26. The van der Waals surface area contributed by atoms with Crippen molar-refractivity contribution < 1.29 is 22.0 Å². The molecule has 2 heterocycles. The van der Waals surface area contributed by atoms with Crippen LogP contribution in [0.25, 0.3) is 0 Å². The van der Waals surface area contributed by atoms with Crippen LogP contribution in [-0.2, 0) is 14.8 Å². The molecule has 1 aliphatic heterocycles. The monoisotopic (exact) mass is 420 g/mol. The Balaban J connectivity index is 1.63. The van der Waals surface area contributed by atoms with Crippen molar-refractivity contribution in [2.24, 2.45) is 5.92 Å². The maximum atomic E-state index is 13.9. The van der Waals surface area contributed by atoms with Crippen molar-refractivity contribution in [3.63, 3.8) is 0 Å². The zero-order valence-corrected chi connectivity index (χ0v) is 16.1. The van der Waals surface area contributed by atoms with Gasteiger partial charge in [-0.05, 0) is 31.0 Å². The molecule has 29 heavy (non-hydrogen) atoms. The highest BCUT2D eigenvalue weighted by atomic mass is 32.2. The number of aromatic nitrogens is 1. The smallest absolute Gasteiger partial charge is 0.244 e. The Morgan fingerprint density at radius 3 is 2.59 bits per heavy atom. The van der Waals surface area contributed by atoms with E-state index in [1.54, 1.807) is 6.07 Å². The standard InChI is InChI=1S/C19H18F2N4O3S/c20-14-3-4-16(17(21)10-14)18(11-22)24-19(26)13-5-8-25(9-6-13)29(27,28)15-2-1-7-23-12-15/h1-4,7,10,12-13,18H,5-6,8-9H2,(H,24,26). The molecule has 0 spiro atoms. The SMILES string of the molecule is N#CC(NC(=O)C1CCN(S(=O)(=O)c2cccnc2)CC1)c1ccc(F)cc1F. The number of carbonyl (C=O) groups excluding carboxylic acids is 1. The van der Waals surface area contributed by atoms with E-state index in [0.717, 1.165) is 12.1 Å². The molecule has 3 rings (SSSR count).